The highest BCUT2D eigenvalue weighted by atomic mass is 14.9. The van der Waals surface area contributed by atoms with Gasteiger partial charge in [0.15, 0.2) is 11.6 Å². The van der Waals surface area contributed by atoms with E-state index in [1.54, 1.807) is 24.8 Å². The van der Waals surface area contributed by atoms with Gasteiger partial charge in [0.2, 0.25) is 0 Å². The molecule has 2 heterocycles. The van der Waals surface area contributed by atoms with Crippen molar-refractivity contribution in [3.8, 4) is 33.9 Å². The molecule has 0 spiro atoms. The van der Waals surface area contributed by atoms with Crippen molar-refractivity contribution < 1.29 is 0 Å². The zero-order chi connectivity index (χ0) is 23.9. The predicted molar refractivity (Wildman–Crippen MR) is 146 cm³/mol. The van der Waals surface area contributed by atoms with E-state index in [0.717, 1.165) is 22.3 Å². The van der Waals surface area contributed by atoms with Crippen LogP contribution >= 0.6 is 0 Å². The Balaban J connectivity index is 1.66. The Morgan fingerprint density at radius 3 is 1.58 bits per heavy atom. The van der Waals surface area contributed by atoms with Crippen LogP contribution in [0.3, 0.4) is 0 Å². The van der Waals surface area contributed by atoms with E-state index in [4.69, 9.17) is 0 Å². The first kappa shape index (κ1) is 20.4. The monoisotopic (exact) mass is 460 g/mol. The number of fused-ring (bicyclic) bond motifs is 6. The molecular formula is C32H20N4. The van der Waals surface area contributed by atoms with Gasteiger partial charge in [-0.15, -0.1) is 0 Å². The van der Waals surface area contributed by atoms with Gasteiger partial charge in [-0.25, -0.2) is 19.9 Å². The van der Waals surface area contributed by atoms with E-state index in [2.05, 4.69) is 105 Å². The molecule has 0 fully saturated rings. The third-order valence-corrected chi connectivity index (χ3v) is 6.69. The summed E-state index contributed by atoms with van der Waals surface area (Å²) in [5.41, 5.74) is 4.15. The van der Waals surface area contributed by atoms with Gasteiger partial charge in [0, 0.05) is 41.5 Å². The van der Waals surface area contributed by atoms with Gasteiger partial charge in [-0.2, -0.15) is 0 Å². The van der Waals surface area contributed by atoms with Gasteiger partial charge in [0.05, 0.1) is 0 Å². The summed E-state index contributed by atoms with van der Waals surface area (Å²) in [4.78, 5) is 18.2. The standard InChI is InChI=1S/C32H20N4/c1-2-12-25-23(10-1)24-11-3-4-13-26(24)30-27(25)14-15-28(32-35-18-7-19-36-32)29(30)21-8-5-9-22(20-21)31-33-16-6-17-34-31/h1-20H. The highest BCUT2D eigenvalue weighted by Crippen LogP contribution is 2.44. The van der Waals surface area contributed by atoms with Gasteiger partial charge in [0.25, 0.3) is 0 Å². The Morgan fingerprint density at radius 2 is 0.917 bits per heavy atom. The number of benzene rings is 5. The van der Waals surface area contributed by atoms with Crippen LogP contribution in [0.5, 0.6) is 0 Å². The van der Waals surface area contributed by atoms with Gasteiger partial charge in [-0.05, 0) is 62.1 Å². The van der Waals surface area contributed by atoms with Crippen LogP contribution in [0.15, 0.2) is 122 Å². The first-order valence-corrected chi connectivity index (χ1v) is 11.9. The first-order chi connectivity index (χ1) is 17.9. The minimum atomic E-state index is 0.701. The molecule has 0 bridgehead atoms. The van der Waals surface area contributed by atoms with E-state index in [0.29, 0.717) is 11.6 Å². The van der Waals surface area contributed by atoms with Crippen molar-refractivity contribution in [1.29, 1.82) is 0 Å². The van der Waals surface area contributed by atoms with Crippen molar-refractivity contribution in [1.82, 2.24) is 19.9 Å². The maximum Gasteiger partial charge on any atom is 0.159 e. The van der Waals surface area contributed by atoms with E-state index in [1.165, 1.54) is 32.3 Å². The van der Waals surface area contributed by atoms with Crippen LogP contribution in [0.1, 0.15) is 0 Å². The van der Waals surface area contributed by atoms with E-state index < -0.39 is 0 Å². The smallest absolute Gasteiger partial charge is 0.159 e. The normalized spacial score (nSPS) is 11.3. The molecule has 0 radical (unpaired) electrons. The van der Waals surface area contributed by atoms with Crippen molar-refractivity contribution in [2.24, 2.45) is 0 Å². The lowest BCUT2D eigenvalue weighted by atomic mass is 9.86. The summed E-state index contributed by atoms with van der Waals surface area (Å²) in [6.07, 6.45) is 7.14. The van der Waals surface area contributed by atoms with Crippen LogP contribution in [0.4, 0.5) is 0 Å². The van der Waals surface area contributed by atoms with Crippen LogP contribution in [-0.2, 0) is 0 Å². The molecule has 0 unspecified atom stereocenters. The summed E-state index contributed by atoms with van der Waals surface area (Å²) >= 11 is 0. The molecule has 0 aliphatic rings. The van der Waals surface area contributed by atoms with Crippen LogP contribution < -0.4 is 0 Å². The molecule has 5 aromatic carbocycles. The Labute approximate surface area is 208 Å². The third-order valence-electron chi connectivity index (χ3n) is 6.69. The fourth-order valence-corrected chi connectivity index (χ4v) is 5.18. The summed E-state index contributed by atoms with van der Waals surface area (Å²) in [7, 11) is 0. The molecule has 2 aromatic heterocycles. The lowest BCUT2D eigenvalue weighted by Gasteiger charge is -2.18. The molecule has 4 heteroatoms. The van der Waals surface area contributed by atoms with E-state index in [1.807, 2.05) is 12.1 Å². The molecule has 4 nitrogen and oxygen atoms in total. The third kappa shape index (κ3) is 3.23. The largest absolute Gasteiger partial charge is 0.237 e. The van der Waals surface area contributed by atoms with Crippen LogP contribution in [0.2, 0.25) is 0 Å². The molecule has 168 valence electrons. The highest BCUT2D eigenvalue weighted by molar-refractivity contribution is 6.29. The number of hydrogen-bond acceptors (Lipinski definition) is 4. The molecule has 0 aliphatic carbocycles. The topological polar surface area (TPSA) is 51.6 Å². The van der Waals surface area contributed by atoms with Gasteiger partial charge in [0.1, 0.15) is 0 Å². The Hall–Kier alpha value is -4.96. The minimum absolute atomic E-state index is 0.701. The fraction of sp³-hybridized carbons (Fsp3) is 0. The minimum Gasteiger partial charge on any atom is -0.237 e. The van der Waals surface area contributed by atoms with E-state index in [-0.39, 0.29) is 0 Å². The molecule has 0 N–H and O–H groups in total. The van der Waals surface area contributed by atoms with Crippen LogP contribution in [-0.4, -0.2) is 19.9 Å². The van der Waals surface area contributed by atoms with Crippen molar-refractivity contribution in [2.75, 3.05) is 0 Å². The number of rotatable bonds is 3. The predicted octanol–water partition coefficient (Wildman–Crippen LogP) is 7.73. The van der Waals surface area contributed by atoms with Crippen molar-refractivity contribution in [3.63, 3.8) is 0 Å². The molecule has 0 amide bonds. The van der Waals surface area contributed by atoms with Crippen molar-refractivity contribution in [3.05, 3.63) is 122 Å². The van der Waals surface area contributed by atoms with Gasteiger partial charge in [-0.1, -0.05) is 72.8 Å². The second-order valence-electron chi connectivity index (χ2n) is 8.73. The fourth-order valence-electron chi connectivity index (χ4n) is 5.18. The summed E-state index contributed by atoms with van der Waals surface area (Å²) in [6, 6.07) is 33.8. The van der Waals surface area contributed by atoms with Crippen molar-refractivity contribution >= 4 is 32.3 Å². The van der Waals surface area contributed by atoms with Crippen LogP contribution in [0, 0.1) is 0 Å². The zero-order valence-corrected chi connectivity index (χ0v) is 19.3. The molecule has 0 saturated carbocycles. The SMILES string of the molecule is c1cnc(-c2cccc(-c3c(-c4ncccn4)ccc4c5ccccc5c5ccccc5c34)c2)nc1. The lowest BCUT2D eigenvalue weighted by molar-refractivity contribution is 1.17. The molecule has 36 heavy (non-hydrogen) atoms. The van der Waals surface area contributed by atoms with Gasteiger partial charge in [-0.3, -0.25) is 0 Å². The molecular weight excluding hydrogens is 440 g/mol. The number of nitrogens with zero attached hydrogens (tertiary/aromatic N) is 4. The van der Waals surface area contributed by atoms with Gasteiger partial charge >= 0.3 is 0 Å². The first-order valence-electron chi connectivity index (χ1n) is 11.9. The highest BCUT2D eigenvalue weighted by Gasteiger charge is 2.19. The lowest BCUT2D eigenvalue weighted by Crippen LogP contribution is -1.95. The second kappa shape index (κ2) is 8.36. The number of aromatic nitrogens is 4. The van der Waals surface area contributed by atoms with Crippen LogP contribution in [0.25, 0.3) is 66.2 Å². The summed E-state index contributed by atoms with van der Waals surface area (Å²) < 4.78 is 0. The Kier molecular flexibility index (Phi) is 4.74. The number of hydrogen-bond donors (Lipinski definition) is 0. The molecule has 7 aromatic rings. The average molecular weight is 461 g/mol. The van der Waals surface area contributed by atoms with Gasteiger partial charge < -0.3 is 0 Å². The molecule has 0 atom stereocenters. The second-order valence-corrected chi connectivity index (χ2v) is 8.73. The quantitative estimate of drug-likeness (QED) is 0.253. The van der Waals surface area contributed by atoms with Crippen molar-refractivity contribution in [2.45, 2.75) is 0 Å². The summed E-state index contributed by atoms with van der Waals surface area (Å²) in [6.45, 7) is 0. The zero-order valence-electron chi connectivity index (χ0n) is 19.3. The molecule has 0 aliphatic heterocycles. The maximum absolute atomic E-state index is 4.63. The summed E-state index contributed by atoms with van der Waals surface area (Å²) in [5.74, 6) is 1.40. The molecule has 7 rings (SSSR count). The van der Waals surface area contributed by atoms with E-state index >= 15 is 0 Å². The average Bonchev–Trinajstić information content (AvgIpc) is 2.97. The Morgan fingerprint density at radius 1 is 0.389 bits per heavy atom. The Bertz CT molecular complexity index is 1850. The summed E-state index contributed by atoms with van der Waals surface area (Å²) in [5, 5.41) is 7.33. The van der Waals surface area contributed by atoms with E-state index in [9.17, 15) is 0 Å². The molecule has 0 saturated heterocycles. The maximum atomic E-state index is 4.63.